The fourth-order valence-corrected chi connectivity index (χ4v) is 4.76. The van der Waals surface area contributed by atoms with Crippen LogP contribution in [-0.4, -0.2) is 64.4 Å². The molecule has 3 heterocycles. The van der Waals surface area contributed by atoms with Gasteiger partial charge in [-0.25, -0.2) is 0 Å². The maximum atomic E-state index is 10.4. The van der Waals surface area contributed by atoms with Crippen LogP contribution in [0.4, 0.5) is 0 Å². The number of hydrogen-bond donors (Lipinski definition) is 2. The summed E-state index contributed by atoms with van der Waals surface area (Å²) < 4.78 is 12.7. The molecule has 5 unspecified atom stereocenters. The van der Waals surface area contributed by atoms with Crippen molar-refractivity contribution in [2.24, 2.45) is 0 Å². The van der Waals surface area contributed by atoms with E-state index < -0.39 is 5.79 Å². The molecule has 1 spiro atoms. The van der Waals surface area contributed by atoms with Gasteiger partial charge in [0.05, 0.1) is 24.8 Å². The Kier molecular flexibility index (Phi) is 3.31. The third-order valence-electron chi connectivity index (χ3n) is 5.66. The monoisotopic (exact) mass is 283 g/mol. The summed E-state index contributed by atoms with van der Waals surface area (Å²) in [6, 6.07) is -0.00606. The van der Waals surface area contributed by atoms with Crippen LogP contribution < -0.4 is 0 Å². The molecule has 20 heavy (non-hydrogen) atoms. The number of piperidine rings is 1. The smallest absolute Gasteiger partial charge is 0.169 e. The quantitative estimate of drug-likeness (QED) is 0.739. The van der Waals surface area contributed by atoms with Gasteiger partial charge in [-0.15, -0.1) is 0 Å². The maximum absolute atomic E-state index is 10.4. The molecule has 2 N–H and O–H groups in total. The predicted molar refractivity (Wildman–Crippen MR) is 72.2 cm³/mol. The van der Waals surface area contributed by atoms with Gasteiger partial charge in [0, 0.05) is 12.8 Å². The second-order valence-corrected chi connectivity index (χ2v) is 6.82. The largest absolute Gasteiger partial charge is 0.395 e. The van der Waals surface area contributed by atoms with E-state index >= 15 is 0 Å². The van der Waals surface area contributed by atoms with E-state index in [4.69, 9.17) is 9.47 Å². The summed E-state index contributed by atoms with van der Waals surface area (Å²) in [7, 11) is 0. The number of ether oxygens (including phenoxy) is 2. The highest BCUT2D eigenvalue weighted by Crippen LogP contribution is 2.48. The molecule has 3 saturated heterocycles. The van der Waals surface area contributed by atoms with E-state index in [1.165, 1.54) is 6.42 Å². The van der Waals surface area contributed by atoms with Crippen molar-refractivity contribution >= 4 is 0 Å². The molecule has 5 atom stereocenters. The lowest BCUT2D eigenvalue weighted by molar-refractivity contribution is -0.217. The lowest BCUT2D eigenvalue weighted by Crippen LogP contribution is -2.53. The zero-order chi connectivity index (χ0) is 13.7. The second-order valence-electron chi connectivity index (χ2n) is 6.82. The second kappa shape index (κ2) is 4.92. The molecule has 0 bridgehead atoms. The molecule has 0 radical (unpaired) electrons. The molecule has 0 aromatic rings. The van der Waals surface area contributed by atoms with Crippen LogP contribution in [0.5, 0.6) is 0 Å². The summed E-state index contributed by atoms with van der Waals surface area (Å²) in [5, 5.41) is 20.1. The van der Waals surface area contributed by atoms with Crippen LogP contribution in [0.1, 0.15) is 44.9 Å². The molecule has 4 aliphatic rings. The Balaban J connectivity index is 1.60. The Morgan fingerprint density at radius 1 is 1.05 bits per heavy atom. The molecular weight excluding hydrogens is 258 g/mol. The van der Waals surface area contributed by atoms with Gasteiger partial charge in [0.1, 0.15) is 12.2 Å². The first kappa shape index (κ1) is 13.5. The molecule has 0 aromatic heterocycles. The number of fused-ring (bicyclic) bond motifs is 3. The van der Waals surface area contributed by atoms with E-state index in [2.05, 4.69) is 4.90 Å². The Bertz CT molecular complexity index is 371. The first-order valence-corrected chi connectivity index (χ1v) is 8.14. The molecule has 4 rings (SSSR count). The summed E-state index contributed by atoms with van der Waals surface area (Å²) in [6.45, 7) is 1.02. The first-order chi connectivity index (χ1) is 9.74. The highest BCUT2D eigenvalue weighted by atomic mass is 16.8. The van der Waals surface area contributed by atoms with E-state index in [0.29, 0.717) is 0 Å². The highest BCUT2D eigenvalue weighted by molar-refractivity contribution is 5.10. The Morgan fingerprint density at radius 3 is 2.55 bits per heavy atom. The van der Waals surface area contributed by atoms with Gasteiger partial charge in [0.2, 0.25) is 0 Å². The van der Waals surface area contributed by atoms with Crippen LogP contribution in [-0.2, 0) is 9.47 Å². The maximum Gasteiger partial charge on any atom is 0.169 e. The Morgan fingerprint density at radius 2 is 1.80 bits per heavy atom. The van der Waals surface area contributed by atoms with Crippen LogP contribution in [0.25, 0.3) is 0 Å². The molecule has 1 aliphatic carbocycles. The topological polar surface area (TPSA) is 62.2 Å². The average Bonchev–Trinajstić information content (AvgIpc) is 2.92. The highest BCUT2D eigenvalue weighted by Gasteiger charge is 2.61. The summed E-state index contributed by atoms with van der Waals surface area (Å²) in [6.07, 6.45) is 6.80. The van der Waals surface area contributed by atoms with Crippen molar-refractivity contribution < 1.29 is 19.7 Å². The van der Waals surface area contributed by atoms with E-state index in [9.17, 15) is 10.2 Å². The zero-order valence-electron chi connectivity index (χ0n) is 11.9. The third kappa shape index (κ3) is 1.87. The van der Waals surface area contributed by atoms with Gasteiger partial charge in [-0.3, -0.25) is 4.90 Å². The molecule has 3 aliphatic heterocycles. The molecule has 5 nitrogen and oxygen atoms in total. The predicted octanol–water partition coefficient (Wildman–Crippen LogP) is 0.631. The third-order valence-corrected chi connectivity index (χ3v) is 5.66. The van der Waals surface area contributed by atoms with Gasteiger partial charge in [0.15, 0.2) is 5.79 Å². The van der Waals surface area contributed by atoms with E-state index in [1.54, 1.807) is 0 Å². The summed E-state index contributed by atoms with van der Waals surface area (Å²) in [5.41, 5.74) is 0. The number of aliphatic hydroxyl groups excluding tert-OH is 2. The van der Waals surface area contributed by atoms with Crippen LogP contribution in [0.2, 0.25) is 0 Å². The van der Waals surface area contributed by atoms with Crippen LogP contribution >= 0.6 is 0 Å². The van der Waals surface area contributed by atoms with Crippen molar-refractivity contribution in [1.29, 1.82) is 0 Å². The Hall–Kier alpha value is -0.200. The summed E-state index contributed by atoms with van der Waals surface area (Å²) >= 11 is 0. The van der Waals surface area contributed by atoms with Crippen LogP contribution in [0.15, 0.2) is 0 Å². The van der Waals surface area contributed by atoms with Crippen molar-refractivity contribution in [3.8, 4) is 0 Å². The fourth-order valence-electron chi connectivity index (χ4n) is 4.76. The molecular formula is C15H25NO4. The molecule has 0 aromatic carbocycles. The molecule has 0 amide bonds. The van der Waals surface area contributed by atoms with Gasteiger partial charge >= 0.3 is 0 Å². The fraction of sp³-hybridized carbons (Fsp3) is 1.00. The lowest BCUT2D eigenvalue weighted by atomic mass is 9.94. The van der Waals surface area contributed by atoms with Crippen molar-refractivity contribution in [2.75, 3.05) is 13.2 Å². The molecule has 1 saturated carbocycles. The van der Waals surface area contributed by atoms with Gasteiger partial charge in [-0.2, -0.15) is 0 Å². The summed E-state index contributed by atoms with van der Waals surface area (Å²) in [5.74, 6) is -0.426. The minimum atomic E-state index is -0.426. The number of hydrogen-bond acceptors (Lipinski definition) is 5. The van der Waals surface area contributed by atoms with Crippen molar-refractivity contribution in [3.63, 3.8) is 0 Å². The van der Waals surface area contributed by atoms with Gasteiger partial charge < -0.3 is 19.7 Å². The number of nitrogens with zero attached hydrogens (tertiary/aromatic N) is 1. The minimum absolute atomic E-state index is 0.00667. The number of rotatable bonds is 1. The SMILES string of the molecule is OCC1C2OC3(CCCCC3)OC2C2C(O)CCCN12. The molecule has 114 valence electrons. The first-order valence-electron chi connectivity index (χ1n) is 8.14. The molecule has 5 heteroatoms. The lowest BCUT2D eigenvalue weighted by Gasteiger charge is -2.41. The Labute approximate surface area is 119 Å². The average molecular weight is 283 g/mol. The van der Waals surface area contributed by atoms with Crippen molar-refractivity contribution in [3.05, 3.63) is 0 Å². The molecule has 4 fully saturated rings. The van der Waals surface area contributed by atoms with E-state index in [1.807, 2.05) is 0 Å². The van der Waals surface area contributed by atoms with Crippen LogP contribution in [0.3, 0.4) is 0 Å². The standard InChI is InChI=1S/C15H25NO4/c17-9-10-13-14(12-11(18)5-4-8-16(10)12)20-15(19-13)6-2-1-3-7-15/h10-14,17-18H,1-9H2. The van der Waals surface area contributed by atoms with E-state index in [0.717, 1.165) is 45.1 Å². The van der Waals surface area contributed by atoms with E-state index in [-0.39, 0.29) is 37.0 Å². The normalized spacial score (nSPS) is 47.4. The number of aliphatic hydroxyl groups is 2. The summed E-state index contributed by atoms with van der Waals surface area (Å²) in [4.78, 5) is 2.22. The zero-order valence-corrected chi connectivity index (χ0v) is 11.9. The van der Waals surface area contributed by atoms with Gasteiger partial charge in [-0.1, -0.05) is 6.42 Å². The van der Waals surface area contributed by atoms with Gasteiger partial charge in [0.25, 0.3) is 0 Å². The minimum Gasteiger partial charge on any atom is -0.395 e. The van der Waals surface area contributed by atoms with Gasteiger partial charge in [-0.05, 0) is 32.2 Å². The van der Waals surface area contributed by atoms with Crippen LogP contribution in [0, 0.1) is 0 Å². The van der Waals surface area contributed by atoms with Crippen molar-refractivity contribution in [2.45, 2.75) is 81.1 Å². The van der Waals surface area contributed by atoms with Crippen molar-refractivity contribution in [1.82, 2.24) is 4.90 Å².